The Hall–Kier alpha value is -10.4. The first-order valence-electron chi connectivity index (χ1n) is 26.3. The minimum atomic E-state index is 0.870. The Bertz CT molecular complexity index is 3830. The fraction of sp³-hybridized carbons (Fsp3) is 0. The molecule has 0 bridgehead atoms. The molecular formula is C74H50N4. The number of hydrogen-bond acceptors (Lipinski definition) is 4. The predicted molar refractivity (Wildman–Crippen MR) is 323 cm³/mol. The van der Waals surface area contributed by atoms with Crippen molar-refractivity contribution >= 4 is 0 Å². The molecule has 0 aliphatic rings. The number of nitrogens with zero attached hydrogens (tertiary/aromatic N) is 4. The molecule has 0 N–H and O–H groups in total. The number of rotatable bonds is 12. The lowest BCUT2D eigenvalue weighted by Crippen LogP contribution is -1.94. The van der Waals surface area contributed by atoms with Crippen molar-refractivity contribution in [1.29, 1.82) is 0 Å². The third-order valence-corrected chi connectivity index (χ3v) is 14.2. The average Bonchev–Trinajstić information content (AvgIpc) is 3.56. The minimum absolute atomic E-state index is 0.870. The summed E-state index contributed by atoms with van der Waals surface area (Å²) in [5.41, 5.74) is 24.3. The average molecular weight is 995 g/mol. The van der Waals surface area contributed by atoms with E-state index in [1.165, 1.54) is 0 Å². The van der Waals surface area contributed by atoms with Crippen LogP contribution in [0.3, 0.4) is 0 Å². The summed E-state index contributed by atoms with van der Waals surface area (Å²) in [4.78, 5) is 21.1. The van der Waals surface area contributed by atoms with Gasteiger partial charge in [0.15, 0.2) is 0 Å². The van der Waals surface area contributed by atoms with E-state index in [1.54, 1.807) is 0 Å². The van der Waals surface area contributed by atoms with Crippen LogP contribution in [-0.2, 0) is 0 Å². The Kier molecular flexibility index (Phi) is 13.0. The largest absolute Gasteiger partial charge is 0.248 e. The van der Waals surface area contributed by atoms with Crippen LogP contribution in [0.1, 0.15) is 0 Å². The summed E-state index contributed by atoms with van der Waals surface area (Å²) in [6.45, 7) is 0. The lowest BCUT2D eigenvalue weighted by atomic mass is 9.94. The van der Waals surface area contributed by atoms with Gasteiger partial charge < -0.3 is 0 Å². The Morgan fingerprint density at radius 2 is 0.269 bits per heavy atom. The van der Waals surface area contributed by atoms with E-state index in [1.807, 2.05) is 36.4 Å². The smallest absolute Gasteiger partial charge is 0.0715 e. The van der Waals surface area contributed by atoms with Crippen molar-refractivity contribution in [2.24, 2.45) is 0 Å². The highest BCUT2D eigenvalue weighted by molar-refractivity contribution is 5.85. The molecule has 9 aromatic carbocycles. The molecular weight excluding hydrogens is 945 g/mol. The van der Waals surface area contributed by atoms with Crippen molar-refractivity contribution in [1.82, 2.24) is 19.9 Å². The third kappa shape index (κ3) is 10.2. The summed E-state index contributed by atoms with van der Waals surface area (Å²) in [7, 11) is 0. The van der Waals surface area contributed by atoms with E-state index in [2.05, 4.69) is 267 Å². The maximum absolute atomic E-state index is 5.39. The van der Waals surface area contributed by atoms with Gasteiger partial charge in [-0.05, 0) is 111 Å². The van der Waals surface area contributed by atoms with E-state index in [0.717, 1.165) is 135 Å². The summed E-state index contributed by atoms with van der Waals surface area (Å²) >= 11 is 0. The highest BCUT2D eigenvalue weighted by Gasteiger charge is 2.16. The van der Waals surface area contributed by atoms with Crippen molar-refractivity contribution in [3.8, 4) is 135 Å². The molecule has 0 radical (unpaired) electrons. The molecule has 0 unspecified atom stereocenters. The molecule has 0 aliphatic heterocycles. The van der Waals surface area contributed by atoms with Gasteiger partial charge in [-0.1, -0.05) is 237 Å². The van der Waals surface area contributed by atoms with Crippen LogP contribution in [-0.4, -0.2) is 19.9 Å². The number of benzene rings is 9. The second-order valence-electron chi connectivity index (χ2n) is 19.4. The molecule has 0 amide bonds. The van der Waals surface area contributed by atoms with E-state index < -0.39 is 0 Å². The highest BCUT2D eigenvalue weighted by atomic mass is 14.7. The second-order valence-corrected chi connectivity index (χ2v) is 19.4. The van der Waals surface area contributed by atoms with Crippen LogP contribution in [0.2, 0.25) is 0 Å². The van der Waals surface area contributed by atoms with E-state index in [9.17, 15) is 0 Å². The first-order valence-corrected chi connectivity index (χ1v) is 26.3. The Balaban J connectivity index is 0.902. The van der Waals surface area contributed by atoms with Crippen molar-refractivity contribution < 1.29 is 0 Å². The molecule has 78 heavy (non-hydrogen) atoms. The van der Waals surface area contributed by atoms with Crippen molar-refractivity contribution in [2.75, 3.05) is 0 Å². The van der Waals surface area contributed by atoms with Gasteiger partial charge in [-0.2, -0.15) is 0 Å². The second kappa shape index (κ2) is 21.4. The molecule has 4 nitrogen and oxygen atoms in total. The fourth-order valence-electron chi connectivity index (χ4n) is 10.2. The zero-order chi connectivity index (χ0) is 52.0. The molecule has 4 heteroatoms. The van der Waals surface area contributed by atoms with Crippen LogP contribution in [0.5, 0.6) is 0 Å². The SMILES string of the molecule is c1ccc(-c2cc(-c3cccc(-c4cc(-c5ccccc5)nc(-c5cccc(-c6cc(-c7cccc(-c8cc(-c9ccccc9)nc(-c9ccccc9)c8)c7)cc(-c7ccccc7)n6)c5)c4)c3)cc(-c3ccccc3)n2)cc1. The molecule has 13 aromatic rings. The number of hydrogen-bond donors (Lipinski definition) is 0. The highest BCUT2D eigenvalue weighted by Crippen LogP contribution is 2.39. The molecule has 0 atom stereocenters. The first kappa shape index (κ1) is 47.3. The molecule has 0 fully saturated rings. The third-order valence-electron chi connectivity index (χ3n) is 14.2. The van der Waals surface area contributed by atoms with E-state index in [-0.39, 0.29) is 0 Å². The lowest BCUT2D eigenvalue weighted by Gasteiger charge is -2.14. The lowest BCUT2D eigenvalue weighted by molar-refractivity contribution is 1.31. The molecule has 366 valence electrons. The van der Waals surface area contributed by atoms with Gasteiger partial charge in [0.1, 0.15) is 0 Å². The molecule has 13 rings (SSSR count). The Morgan fingerprint density at radius 1 is 0.115 bits per heavy atom. The van der Waals surface area contributed by atoms with E-state index in [0.29, 0.717) is 0 Å². The molecule has 4 heterocycles. The number of aromatic nitrogens is 4. The van der Waals surface area contributed by atoms with Gasteiger partial charge in [0.05, 0.1) is 45.6 Å². The van der Waals surface area contributed by atoms with Gasteiger partial charge in [-0.15, -0.1) is 0 Å². The first-order chi connectivity index (χ1) is 38.6. The molecule has 0 saturated carbocycles. The Labute approximate surface area is 455 Å². The van der Waals surface area contributed by atoms with Crippen LogP contribution < -0.4 is 0 Å². The molecule has 0 saturated heterocycles. The minimum Gasteiger partial charge on any atom is -0.248 e. The van der Waals surface area contributed by atoms with Crippen molar-refractivity contribution in [3.05, 3.63) is 303 Å². The van der Waals surface area contributed by atoms with Gasteiger partial charge in [-0.3, -0.25) is 0 Å². The molecule has 0 spiro atoms. The maximum atomic E-state index is 5.39. The summed E-state index contributed by atoms with van der Waals surface area (Å²) in [6, 6.07) is 107. The van der Waals surface area contributed by atoms with E-state index in [4.69, 9.17) is 19.9 Å². The molecule has 4 aromatic heterocycles. The van der Waals surface area contributed by atoms with Crippen LogP contribution in [0.4, 0.5) is 0 Å². The summed E-state index contributed by atoms with van der Waals surface area (Å²) < 4.78 is 0. The fourth-order valence-corrected chi connectivity index (χ4v) is 10.2. The van der Waals surface area contributed by atoms with Crippen molar-refractivity contribution in [2.45, 2.75) is 0 Å². The normalized spacial score (nSPS) is 11.1. The number of pyridine rings is 4. The monoisotopic (exact) mass is 994 g/mol. The van der Waals surface area contributed by atoms with Gasteiger partial charge in [0.2, 0.25) is 0 Å². The zero-order valence-corrected chi connectivity index (χ0v) is 42.7. The van der Waals surface area contributed by atoms with Crippen LogP contribution >= 0.6 is 0 Å². The van der Waals surface area contributed by atoms with Crippen LogP contribution in [0, 0.1) is 0 Å². The van der Waals surface area contributed by atoms with Crippen LogP contribution in [0.15, 0.2) is 303 Å². The summed E-state index contributed by atoms with van der Waals surface area (Å²) in [6.07, 6.45) is 0. The van der Waals surface area contributed by atoms with Crippen LogP contribution in [0.25, 0.3) is 135 Å². The Morgan fingerprint density at radius 3 is 0.474 bits per heavy atom. The van der Waals surface area contributed by atoms with Gasteiger partial charge in [0, 0.05) is 44.5 Å². The van der Waals surface area contributed by atoms with Crippen molar-refractivity contribution in [3.63, 3.8) is 0 Å². The summed E-state index contributed by atoms with van der Waals surface area (Å²) in [5, 5.41) is 0. The topological polar surface area (TPSA) is 51.6 Å². The standard InChI is InChI=1S/C74H50N4/c1-7-22-51(23-8-1)67-43-63(44-68(75-67)52-24-9-2-10-25-52)57-34-19-36-59(40-57)65-47-71(55-30-15-5-16-31-55)77-73(49-65)61-38-21-39-62(42-61)74-50-66(48-72(78-74)56-32-17-6-18-33-56)60-37-20-35-58(41-60)64-45-69(53-26-11-3-12-27-53)76-70(46-64)54-28-13-4-14-29-54/h1-50H. The zero-order valence-electron chi connectivity index (χ0n) is 42.7. The quantitative estimate of drug-likeness (QED) is 0.122. The molecule has 0 aliphatic carbocycles. The maximum Gasteiger partial charge on any atom is 0.0715 e. The predicted octanol–water partition coefficient (Wildman–Crippen LogP) is 19.3. The van der Waals surface area contributed by atoms with E-state index >= 15 is 0 Å². The van der Waals surface area contributed by atoms with Gasteiger partial charge in [0.25, 0.3) is 0 Å². The van der Waals surface area contributed by atoms with Gasteiger partial charge in [-0.25, -0.2) is 19.9 Å². The van der Waals surface area contributed by atoms with Gasteiger partial charge >= 0.3 is 0 Å². The summed E-state index contributed by atoms with van der Waals surface area (Å²) in [5.74, 6) is 0.